The Morgan fingerprint density at radius 3 is 1.56 bits per heavy atom. The molecule has 13 heteroatoms. The fourth-order valence-electron chi connectivity index (χ4n) is 6.41. The summed E-state index contributed by atoms with van der Waals surface area (Å²) in [6.45, 7) is 7.37. The van der Waals surface area contributed by atoms with Crippen LogP contribution in [0.15, 0.2) is 285 Å². The van der Waals surface area contributed by atoms with Gasteiger partial charge in [-0.2, -0.15) is 11.3 Å². The molecule has 0 bridgehead atoms. The smallest absolute Gasteiger partial charge is 0.194 e. The predicted molar refractivity (Wildman–Crippen MR) is 330 cm³/mol. The third-order valence-electron chi connectivity index (χ3n) is 10.8. The van der Waals surface area contributed by atoms with Gasteiger partial charge in [0, 0.05) is 21.7 Å². The summed E-state index contributed by atoms with van der Waals surface area (Å²) in [4.78, 5) is 8.09. The summed E-state index contributed by atoms with van der Waals surface area (Å²) in [5.74, 6) is -4.77. The number of thiazole rings is 1. The first-order chi connectivity index (χ1) is 39.6. The molecule has 0 radical (unpaired) electrons. The Hall–Kier alpha value is -8.88. The van der Waals surface area contributed by atoms with Crippen LogP contribution in [0.3, 0.4) is 0 Å². The lowest BCUT2D eigenvalue weighted by molar-refractivity contribution is 0.414. The van der Waals surface area contributed by atoms with Crippen LogP contribution >= 0.6 is 34.0 Å². The van der Waals surface area contributed by atoms with E-state index in [2.05, 4.69) is 113 Å². The highest BCUT2D eigenvalue weighted by Gasteiger charge is 2.15. The van der Waals surface area contributed by atoms with Crippen molar-refractivity contribution in [3.8, 4) is 5.75 Å². The Balaban J connectivity index is 0.000000166. The lowest BCUT2D eigenvalue weighted by Gasteiger charge is -1.99. The van der Waals surface area contributed by atoms with Crippen molar-refractivity contribution >= 4 is 76.4 Å². The molecule has 6 heterocycles. The second kappa shape index (κ2) is 37.1. The summed E-state index contributed by atoms with van der Waals surface area (Å²) in [5.41, 5.74) is 9.18. The number of nitrogens with zero attached hydrogens (tertiary/aromatic N) is 2. The zero-order valence-electron chi connectivity index (χ0n) is 45.5. The Morgan fingerprint density at radius 1 is 0.457 bits per heavy atom. The Kier molecular flexibility index (Phi) is 28.8. The van der Waals surface area contributed by atoms with E-state index in [1.807, 2.05) is 162 Å². The number of aryl methyl sites for hydroxylation is 3. The van der Waals surface area contributed by atoms with Crippen LogP contribution in [-0.2, 0) is 6.42 Å². The highest BCUT2D eigenvalue weighted by Crippen LogP contribution is 2.20. The van der Waals surface area contributed by atoms with Crippen LogP contribution in [0.4, 0.5) is 17.6 Å². The van der Waals surface area contributed by atoms with Crippen molar-refractivity contribution in [3.05, 3.63) is 317 Å². The third-order valence-corrected chi connectivity index (χ3v) is 13.2. The number of methoxy groups -OCH3 is 1. The van der Waals surface area contributed by atoms with E-state index in [4.69, 9.17) is 13.6 Å². The van der Waals surface area contributed by atoms with Crippen LogP contribution < -0.4 is 4.74 Å². The number of oxazole rings is 1. The highest BCUT2D eigenvalue weighted by atomic mass is 32.1. The molecule has 14 aromatic rings. The minimum Gasteiger partial charge on any atom is -0.497 e. The molecule has 8 aromatic carbocycles. The molecule has 0 saturated carbocycles. The molecular weight excluding hydrogens is 1080 g/mol. The van der Waals surface area contributed by atoms with Crippen molar-refractivity contribution < 1.29 is 35.5 Å². The fraction of sp³-hybridized carbons (Fsp3) is 0.0882. The van der Waals surface area contributed by atoms with Crippen molar-refractivity contribution in [2.24, 2.45) is 0 Å². The van der Waals surface area contributed by atoms with Gasteiger partial charge in [-0.3, -0.25) is 0 Å². The number of fused-ring (bicyclic) bond motifs is 4. The van der Waals surface area contributed by atoms with Gasteiger partial charge in [-0.15, -0.1) is 22.7 Å². The van der Waals surface area contributed by atoms with E-state index >= 15 is 0 Å². The normalized spacial score (nSPS) is 9.59. The summed E-state index contributed by atoms with van der Waals surface area (Å²) in [6.07, 6.45) is 7.49. The molecule has 6 nitrogen and oxygen atoms in total. The summed E-state index contributed by atoms with van der Waals surface area (Å²) in [7, 11) is 1.68. The van der Waals surface area contributed by atoms with Gasteiger partial charge in [-0.1, -0.05) is 164 Å². The van der Waals surface area contributed by atoms with Gasteiger partial charge >= 0.3 is 0 Å². The maximum absolute atomic E-state index is 12.4. The number of rotatable bonds is 2. The first-order valence-electron chi connectivity index (χ1n) is 25.4. The van der Waals surface area contributed by atoms with Crippen LogP contribution in [0.25, 0.3) is 42.4 Å². The van der Waals surface area contributed by atoms with Crippen LogP contribution in [0.1, 0.15) is 29.2 Å². The molecule has 0 atom stereocenters. The first kappa shape index (κ1) is 63.0. The van der Waals surface area contributed by atoms with Crippen LogP contribution in [0.5, 0.6) is 5.75 Å². The lowest BCUT2D eigenvalue weighted by atomic mass is 10.2. The number of hydrogen-bond donors (Lipinski definition) is 0. The van der Waals surface area contributed by atoms with Gasteiger partial charge in [0.25, 0.3) is 0 Å². The zero-order valence-corrected chi connectivity index (χ0v) is 47.9. The third kappa shape index (κ3) is 23.9. The molecule has 0 N–H and O–H groups in total. The van der Waals surface area contributed by atoms with Crippen LogP contribution in [0.2, 0.25) is 0 Å². The number of hydrogen-bond acceptors (Lipinski definition) is 9. The topological polar surface area (TPSA) is 74.4 Å². The number of para-hydroxylation sites is 4. The van der Waals surface area contributed by atoms with Crippen molar-refractivity contribution in [1.29, 1.82) is 0 Å². The lowest BCUT2D eigenvalue weighted by Crippen LogP contribution is -1.97. The number of aromatic nitrogens is 2. The van der Waals surface area contributed by atoms with E-state index in [9.17, 15) is 17.6 Å². The van der Waals surface area contributed by atoms with Gasteiger partial charge in [0.1, 0.15) is 22.7 Å². The van der Waals surface area contributed by atoms with Gasteiger partial charge in [-0.05, 0) is 127 Å². The molecular formula is C68H62F4N2O4S3. The van der Waals surface area contributed by atoms with Crippen molar-refractivity contribution in [1.82, 2.24) is 9.97 Å². The Labute approximate surface area is 482 Å². The number of furan rings is 2. The summed E-state index contributed by atoms with van der Waals surface area (Å²) < 4.78 is 71.5. The summed E-state index contributed by atoms with van der Waals surface area (Å²) in [6, 6.07) is 72.9. The van der Waals surface area contributed by atoms with E-state index < -0.39 is 28.8 Å². The molecule has 0 aliphatic carbocycles. The SMILES string of the molecule is CCc1ccc(OC)cc1.Cc1c(F)cc(F)c(F)c1F.Cc1ccc(C)cc1.c1ccc2occc2c1.c1ccc2ocnc2c1.c1ccc2sccc2c1.c1ccc2scnc2c1.c1ccccc1.c1ccoc1.c1ccsc1. The van der Waals surface area contributed by atoms with Crippen molar-refractivity contribution in [2.45, 2.75) is 34.1 Å². The van der Waals surface area contributed by atoms with E-state index in [0.717, 1.165) is 46.7 Å². The summed E-state index contributed by atoms with van der Waals surface area (Å²) in [5, 5.41) is 8.71. The van der Waals surface area contributed by atoms with E-state index in [-0.39, 0.29) is 0 Å². The monoisotopic (exact) mass is 1140 g/mol. The number of ether oxygens (including phenoxy) is 1. The van der Waals surface area contributed by atoms with Gasteiger partial charge in [0.05, 0.1) is 41.6 Å². The highest BCUT2D eigenvalue weighted by molar-refractivity contribution is 7.17. The average molecular weight is 1140 g/mol. The second-order valence-electron chi connectivity index (χ2n) is 16.7. The molecule has 414 valence electrons. The minimum atomic E-state index is -1.64. The molecule has 0 saturated heterocycles. The standard InChI is InChI=1S/C9H12O.C8H6O.C8H6S.C8H10.C7H4F4.C7H5NO.C7H5NS.C6H6.C4H4O.C4H4S/c1-3-8-4-6-9(10-2)7-5-8;2*1-2-4-8-7(3-1)5-6-9-8;1-7-3-5-8(2)6-4-7;1-3-4(8)2-5(9)7(11)6(3)10;2*1-2-4-7-6(3-1)8-5-9-7;1-2-4-6-5-3-1;2*1-2-4-5-3-1/h4-7H,3H2,1-2H3;2*1-6H;3-6H,1-2H3;2H,1H3;2*1-5H;1-6H;2*1-4H. The molecule has 0 aliphatic heterocycles. The maximum Gasteiger partial charge on any atom is 0.194 e. The first-order valence-corrected chi connectivity index (χ1v) is 28.1. The molecule has 0 aliphatic rings. The van der Waals surface area contributed by atoms with E-state index in [1.54, 1.807) is 59.9 Å². The molecule has 0 unspecified atom stereocenters. The van der Waals surface area contributed by atoms with Gasteiger partial charge < -0.3 is 18.0 Å². The molecule has 0 fully saturated rings. The molecule has 0 spiro atoms. The van der Waals surface area contributed by atoms with Crippen molar-refractivity contribution in [3.63, 3.8) is 0 Å². The quantitative estimate of drug-likeness (QED) is 0.0975. The predicted octanol–water partition coefficient (Wildman–Crippen LogP) is 21.3. The van der Waals surface area contributed by atoms with Gasteiger partial charge in [0.15, 0.2) is 29.4 Å². The van der Waals surface area contributed by atoms with Crippen LogP contribution in [-0.4, -0.2) is 17.1 Å². The largest absolute Gasteiger partial charge is 0.497 e. The summed E-state index contributed by atoms with van der Waals surface area (Å²) >= 11 is 5.18. The fourth-order valence-corrected chi connectivity index (χ4v) is 8.34. The molecule has 6 aromatic heterocycles. The Bertz CT molecular complexity index is 3240. The molecule has 14 rings (SSSR count). The minimum absolute atomic E-state index is 0.313. The Morgan fingerprint density at radius 2 is 1.02 bits per heavy atom. The van der Waals surface area contributed by atoms with Gasteiger partial charge in [0.2, 0.25) is 0 Å². The molecule has 0 amide bonds. The number of thiophene rings is 2. The van der Waals surface area contributed by atoms with Crippen molar-refractivity contribution in [2.75, 3.05) is 7.11 Å². The average Bonchev–Trinajstić information content (AvgIpc) is 4.40. The van der Waals surface area contributed by atoms with Gasteiger partial charge in [-0.25, -0.2) is 27.5 Å². The van der Waals surface area contributed by atoms with E-state index in [0.29, 0.717) is 6.07 Å². The van der Waals surface area contributed by atoms with Crippen LogP contribution in [0, 0.1) is 44.0 Å². The number of benzene rings is 8. The zero-order chi connectivity index (χ0) is 57.7. The maximum atomic E-state index is 12.4. The van der Waals surface area contributed by atoms with E-state index in [1.165, 1.54) is 37.9 Å². The second-order valence-corrected chi connectivity index (χ2v) is 19.4. The number of halogens is 4. The molecule has 81 heavy (non-hydrogen) atoms.